The maximum atomic E-state index is 13.7. The summed E-state index contributed by atoms with van der Waals surface area (Å²) in [5, 5.41) is 2.69. The Labute approximate surface area is 194 Å². The fourth-order valence-electron chi connectivity index (χ4n) is 4.38. The Morgan fingerprint density at radius 2 is 1.97 bits per heavy atom. The second-order valence-electron chi connectivity index (χ2n) is 8.77. The lowest BCUT2D eigenvalue weighted by molar-refractivity contribution is -0.137. The number of ether oxygens (including phenoxy) is 1. The number of carbonyl (C=O) groups is 2. The first-order valence-corrected chi connectivity index (χ1v) is 12.6. The van der Waals surface area contributed by atoms with E-state index in [2.05, 4.69) is 5.32 Å². The lowest BCUT2D eigenvalue weighted by Gasteiger charge is -2.33. The Hall–Kier alpha value is -2.91. The van der Waals surface area contributed by atoms with Crippen LogP contribution in [0.2, 0.25) is 0 Å². The molecule has 2 amide bonds. The molecule has 1 atom stereocenters. The average Bonchev–Trinajstić information content (AvgIpc) is 3.28. The van der Waals surface area contributed by atoms with E-state index in [1.54, 1.807) is 17.9 Å². The third kappa shape index (κ3) is 4.60. The van der Waals surface area contributed by atoms with Crippen LogP contribution in [0.25, 0.3) is 0 Å². The van der Waals surface area contributed by atoms with Gasteiger partial charge in [0.05, 0.1) is 10.6 Å². The topological polar surface area (TPSA) is 96.0 Å². The van der Waals surface area contributed by atoms with Crippen molar-refractivity contribution < 1.29 is 22.7 Å². The van der Waals surface area contributed by atoms with E-state index < -0.39 is 16.1 Å². The quantitative estimate of drug-likeness (QED) is 0.699. The standard InChI is InChI=1S/C24H29N3O5S/c1-16(2)26(14-18-8-5-4-6-9-18)24(29)20-10-7-11-27(20)33(30,31)22-13-21-19(12-17(22)3)25-23(28)15-32-21/h4-6,8-9,12-13,16,20H,7,10-11,14-15H2,1-3H3,(H,25,28)/t20-/m0/s1. The molecule has 0 aliphatic carbocycles. The van der Waals surface area contributed by atoms with Gasteiger partial charge in [-0.25, -0.2) is 8.42 Å². The van der Waals surface area contributed by atoms with Crippen LogP contribution < -0.4 is 10.1 Å². The van der Waals surface area contributed by atoms with Crippen molar-refractivity contribution in [2.24, 2.45) is 0 Å². The van der Waals surface area contributed by atoms with Gasteiger partial charge in [-0.3, -0.25) is 9.59 Å². The van der Waals surface area contributed by atoms with Crippen molar-refractivity contribution in [1.29, 1.82) is 0 Å². The largest absolute Gasteiger partial charge is 0.482 e. The van der Waals surface area contributed by atoms with Crippen LogP contribution in [0.15, 0.2) is 47.4 Å². The number of rotatable bonds is 6. The van der Waals surface area contributed by atoms with Crippen molar-refractivity contribution in [3.05, 3.63) is 53.6 Å². The molecule has 9 heteroatoms. The molecule has 2 aliphatic rings. The number of hydrogen-bond donors (Lipinski definition) is 1. The fraction of sp³-hybridized carbons (Fsp3) is 0.417. The van der Waals surface area contributed by atoms with E-state index in [0.29, 0.717) is 36.4 Å². The molecule has 2 heterocycles. The lowest BCUT2D eigenvalue weighted by Crippen LogP contribution is -2.49. The molecule has 0 spiro atoms. The molecule has 1 saturated heterocycles. The van der Waals surface area contributed by atoms with E-state index in [1.165, 1.54) is 10.4 Å². The SMILES string of the molecule is Cc1cc2c(cc1S(=O)(=O)N1CCC[C@H]1C(=O)N(Cc1ccccc1)C(C)C)OCC(=O)N2. The number of benzene rings is 2. The zero-order valence-corrected chi connectivity index (χ0v) is 19.9. The van der Waals surface area contributed by atoms with Gasteiger partial charge in [0.1, 0.15) is 11.8 Å². The van der Waals surface area contributed by atoms with Gasteiger partial charge in [0, 0.05) is 25.2 Å². The van der Waals surface area contributed by atoms with Gasteiger partial charge in [-0.2, -0.15) is 4.31 Å². The smallest absolute Gasteiger partial charge is 0.262 e. The average molecular weight is 472 g/mol. The minimum Gasteiger partial charge on any atom is -0.482 e. The Morgan fingerprint density at radius 3 is 2.67 bits per heavy atom. The molecule has 1 N–H and O–H groups in total. The highest BCUT2D eigenvalue weighted by atomic mass is 32.2. The second kappa shape index (κ2) is 9.15. The van der Waals surface area contributed by atoms with Crippen LogP contribution in [0.1, 0.15) is 37.8 Å². The highest BCUT2D eigenvalue weighted by molar-refractivity contribution is 7.89. The maximum absolute atomic E-state index is 13.7. The van der Waals surface area contributed by atoms with Crippen molar-refractivity contribution in [3.8, 4) is 5.75 Å². The molecule has 2 aliphatic heterocycles. The summed E-state index contributed by atoms with van der Waals surface area (Å²) in [5.74, 6) is -0.155. The molecule has 176 valence electrons. The van der Waals surface area contributed by atoms with Crippen LogP contribution in [0, 0.1) is 6.92 Å². The highest BCUT2D eigenvalue weighted by Gasteiger charge is 2.42. The number of nitrogens with one attached hydrogen (secondary N) is 1. The minimum absolute atomic E-state index is 0.0784. The summed E-state index contributed by atoms with van der Waals surface area (Å²) in [6.07, 6.45) is 1.09. The van der Waals surface area contributed by atoms with E-state index >= 15 is 0 Å². The highest BCUT2D eigenvalue weighted by Crippen LogP contribution is 2.36. The molecule has 2 aromatic rings. The van der Waals surface area contributed by atoms with E-state index in [4.69, 9.17) is 4.74 Å². The van der Waals surface area contributed by atoms with E-state index in [1.807, 2.05) is 44.2 Å². The summed E-state index contributed by atoms with van der Waals surface area (Å²) in [6, 6.07) is 11.9. The van der Waals surface area contributed by atoms with Crippen LogP contribution >= 0.6 is 0 Å². The Morgan fingerprint density at radius 1 is 1.24 bits per heavy atom. The first-order chi connectivity index (χ1) is 15.7. The molecule has 0 saturated carbocycles. The van der Waals surface area contributed by atoms with Crippen LogP contribution in [0.4, 0.5) is 5.69 Å². The summed E-state index contributed by atoms with van der Waals surface area (Å²) in [7, 11) is -3.95. The van der Waals surface area contributed by atoms with Crippen molar-refractivity contribution in [2.75, 3.05) is 18.5 Å². The molecule has 8 nitrogen and oxygen atoms in total. The summed E-state index contributed by atoms with van der Waals surface area (Å²) >= 11 is 0. The summed E-state index contributed by atoms with van der Waals surface area (Å²) in [5.41, 5.74) is 1.94. The zero-order valence-electron chi connectivity index (χ0n) is 19.1. The monoisotopic (exact) mass is 471 g/mol. The number of sulfonamides is 1. The number of carbonyl (C=O) groups excluding carboxylic acids is 2. The number of nitrogens with zero attached hydrogens (tertiary/aromatic N) is 2. The fourth-order valence-corrected chi connectivity index (χ4v) is 6.26. The van der Waals surface area contributed by atoms with E-state index in [0.717, 1.165) is 5.56 Å². The Bertz CT molecular complexity index is 1160. The van der Waals surface area contributed by atoms with E-state index in [-0.39, 0.29) is 35.9 Å². The van der Waals surface area contributed by atoms with Crippen LogP contribution in [0.5, 0.6) is 5.75 Å². The third-order valence-corrected chi connectivity index (χ3v) is 8.14. The summed E-state index contributed by atoms with van der Waals surface area (Å²) in [4.78, 5) is 27.0. The normalized spacial score (nSPS) is 18.5. The van der Waals surface area contributed by atoms with Gasteiger partial charge < -0.3 is 15.0 Å². The zero-order chi connectivity index (χ0) is 23.8. The maximum Gasteiger partial charge on any atom is 0.262 e. The molecule has 1 fully saturated rings. The van der Waals surface area contributed by atoms with Gasteiger partial charge >= 0.3 is 0 Å². The molecule has 2 aromatic carbocycles. The van der Waals surface area contributed by atoms with Crippen LogP contribution in [0.3, 0.4) is 0 Å². The molecule has 33 heavy (non-hydrogen) atoms. The first kappa shape index (κ1) is 23.3. The third-order valence-electron chi connectivity index (χ3n) is 6.09. The predicted molar refractivity (Wildman–Crippen MR) is 124 cm³/mol. The molecule has 0 aromatic heterocycles. The molecule has 0 radical (unpaired) electrons. The molecule has 0 unspecified atom stereocenters. The molecule has 0 bridgehead atoms. The molecular weight excluding hydrogens is 442 g/mol. The molecule has 4 rings (SSSR count). The van der Waals surface area contributed by atoms with Gasteiger partial charge in [-0.15, -0.1) is 0 Å². The minimum atomic E-state index is -3.95. The van der Waals surface area contributed by atoms with Gasteiger partial charge in [0.2, 0.25) is 15.9 Å². The lowest BCUT2D eigenvalue weighted by atomic mass is 10.1. The number of aryl methyl sites for hydroxylation is 1. The number of anilines is 1. The van der Waals surface area contributed by atoms with Gasteiger partial charge in [-0.1, -0.05) is 30.3 Å². The predicted octanol–water partition coefficient (Wildman–Crippen LogP) is 2.92. The number of fused-ring (bicyclic) bond motifs is 1. The van der Waals surface area contributed by atoms with Crippen LogP contribution in [-0.2, 0) is 26.2 Å². The van der Waals surface area contributed by atoms with Crippen molar-refractivity contribution in [2.45, 2.75) is 57.1 Å². The number of hydrogen-bond acceptors (Lipinski definition) is 5. The van der Waals surface area contributed by atoms with Crippen molar-refractivity contribution in [1.82, 2.24) is 9.21 Å². The van der Waals surface area contributed by atoms with E-state index in [9.17, 15) is 18.0 Å². The van der Waals surface area contributed by atoms with Crippen LogP contribution in [-0.4, -0.2) is 54.7 Å². The Kier molecular flexibility index (Phi) is 6.45. The van der Waals surface area contributed by atoms with Crippen molar-refractivity contribution in [3.63, 3.8) is 0 Å². The van der Waals surface area contributed by atoms with Crippen molar-refractivity contribution >= 4 is 27.5 Å². The van der Waals surface area contributed by atoms with Gasteiger partial charge in [0.15, 0.2) is 6.61 Å². The first-order valence-electron chi connectivity index (χ1n) is 11.1. The summed E-state index contributed by atoms with van der Waals surface area (Å²) < 4.78 is 34.1. The van der Waals surface area contributed by atoms with Gasteiger partial charge in [0.25, 0.3) is 5.91 Å². The number of amides is 2. The van der Waals surface area contributed by atoms with Gasteiger partial charge in [-0.05, 0) is 50.8 Å². The summed E-state index contributed by atoms with van der Waals surface area (Å²) in [6.45, 7) is 6.10. The Balaban J connectivity index is 1.63. The molecular formula is C24H29N3O5S. The second-order valence-corrected chi connectivity index (χ2v) is 10.6.